The molecular weight excluding hydrogens is 392 g/mol. The third-order valence-corrected chi connectivity index (χ3v) is 4.40. The van der Waals surface area contributed by atoms with E-state index in [0.717, 1.165) is 11.6 Å². The van der Waals surface area contributed by atoms with Crippen LogP contribution in [0.3, 0.4) is 0 Å². The standard InChI is InChI=1S/C21H17F2N5O2/c1-24-20(29)18-11-16(5-6-25-18)30-15-3-4-19-17(10-15)27-21(28(19)2)26-14-8-12(22)7-13(23)9-14/h3-11H,1-2H3,(H,24,29)(H,26,27). The van der Waals surface area contributed by atoms with Crippen molar-refractivity contribution in [2.75, 3.05) is 12.4 Å². The number of pyridine rings is 1. The number of imidazole rings is 1. The van der Waals surface area contributed by atoms with Gasteiger partial charge in [-0.1, -0.05) is 0 Å². The fourth-order valence-corrected chi connectivity index (χ4v) is 2.97. The number of aryl methyl sites for hydroxylation is 1. The molecule has 0 aliphatic heterocycles. The number of anilines is 2. The molecule has 0 saturated heterocycles. The van der Waals surface area contributed by atoms with Gasteiger partial charge in [-0.2, -0.15) is 0 Å². The summed E-state index contributed by atoms with van der Waals surface area (Å²) in [5.74, 6) is -0.297. The number of hydrogen-bond donors (Lipinski definition) is 2. The van der Waals surface area contributed by atoms with E-state index in [1.165, 1.54) is 31.4 Å². The lowest BCUT2D eigenvalue weighted by atomic mass is 10.3. The minimum Gasteiger partial charge on any atom is -0.457 e. The van der Waals surface area contributed by atoms with Crippen LogP contribution < -0.4 is 15.4 Å². The van der Waals surface area contributed by atoms with Crippen LogP contribution in [0, 0.1) is 11.6 Å². The maximum Gasteiger partial charge on any atom is 0.269 e. The molecule has 4 aromatic rings. The summed E-state index contributed by atoms with van der Waals surface area (Å²) >= 11 is 0. The van der Waals surface area contributed by atoms with Crippen LogP contribution in [0.1, 0.15) is 10.5 Å². The smallest absolute Gasteiger partial charge is 0.269 e. The van der Waals surface area contributed by atoms with Crippen molar-refractivity contribution in [1.29, 1.82) is 0 Å². The van der Waals surface area contributed by atoms with Gasteiger partial charge in [-0.05, 0) is 30.3 Å². The molecule has 0 aliphatic rings. The first kappa shape index (κ1) is 19.3. The first-order chi connectivity index (χ1) is 14.4. The van der Waals surface area contributed by atoms with Crippen LogP contribution in [-0.2, 0) is 7.05 Å². The Hall–Kier alpha value is -4.01. The highest BCUT2D eigenvalue weighted by Gasteiger charge is 2.12. The Morgan fingerprint density at radius 2 is 1.77 bits per heavy atom. The first-order valence-corrected chi connectivity index (χ1v) is 8.98. The number of aromatic nitrogens is 3. The van der Waals surface area contributed by atoms with Gasteiger partial charge in [0.2, 0.25) is 5.95 Å². The van der Waals surface area contributed by atoms with Gasteiger partial charge in [0.1, 0.15) is 28.8 Å². The van der Waals surface area contributed by atoms with Crippen molar-refractivity contribution in [2.45, 2.75) is 0 Å². The van der Waals surface area contributed by atoms with Crippen molar-refractivity contribution in [3.63, 3.8) is 0 Å². The van der Waals surface area contributed by atoms with Crippen molar-refractivity contribution < 1.29 is 18.3 Å². The predicted octanol–water partition coefficient (Wildman–Crippen LogP) is 4.14. The third-order valence-electron chi connectivity index (χ3n) is 4.40. The minimum absolute atomic E-state index is 0.239. The Morgan fingerprint density at radius 3 is 2.50 bits per heavy atom. The normalized spacial score (nSPS) is 10.8. The second-order valence-corrected chi connectivity index (χ2v) is 6.49. The SMILES string of the molecule is CNC(=O)c1cc(Oc2ccc3c(c2)nc(Nc2cc(F)cc(F)c2)n3C)ccn1. The number of nitrogens with one attached hydrogen (secondary N) is 2. The number of ether oxygens (including phenoxy) is 1. The third kappa shape index (κ3) is 3.90. The fraction of sp³-hybridized carbons (Fsp3) is 0.0952. The lowest BCUT2D eigenvalue weighted by Crippen LogP contribution is -2.18. The van der Waals surface area contributed by atoms with E-state index < -0.39 is 11.6 Å². The topological polar surface area (TPSA) is 81.1 Å². The summed E-state index contributed by atoms with van der Waals surface area (Å²) in [6.45, 7) is 0. The molecule has 2 N–H and O–H groups in total. The van der Waals surface area contributed by atoms with Crippen LogP contribution in [0.25, 0.3) is 11.0 Å². The van der Waals surface area contributed by atoms with E-state index in [0.29, 0.717) is 23.0 Å². The molecule has 2 aromatic heterocycles. The molecule has 0 saturated carbocycles. The van der Waals surface area contributed by atoms with Gasteiger partial charge in [0.15, 0.2) is 0 Å². The zero-order valence-corrected chi connectivity index (χ0v) is 16.1. The monoisotopic (exact) mass is 409 g/mol. The zero-order valence-electron chi connectivity index (χ0n) is 16.1. The Morgan fingerprint density at radius 1 is 1.03 bits per heavy atom. The van der Waals surface area contributed by atoms with Crippen LogP contribution >= 0.6 is 0 Å². The second kappa shape index (κ2) is 7.78. The van der Waals surface area contributed by atoms with Crippen LogP contribution in [0.2, 0.25) is 0 Å². The van der Waals surface area contributed by atoms with E-state index in [2.05, 4.69) is 20.6 Å². The van der Waals surface area contributed by atoms with Crippen molar-refractivity contribution >= 4 is 28.6 Å². The Kier molecular flexibility index (Phi) is 5.01. The van der Waals surface area contributed by atoms with Gasteiger partial charge in [0.05, 0.1) is 11.0 Å². The second-order valence-electron chi connectivity index (χ2n) is 6.49. The summed E-state index contributed by atoms with van der Waals surface area (Å²) in [4.78, 5) is 20.2. The minimum atomic E-state index is -0.680. The maximum atomic E-state index is 13.4. The molecule has 0 unspecified atom stereocenters. The summed E-state index contributed by atoms with van der Waals surface area (Å²) in [6.07, 6.45) is 1.49. The first-order valence-electron chi connectivity index (χ1n) is 8.98. The highest BCUT2D eigenvalue weighted by molar-refractivity contribution is 5.92. The van der Waals surface area contributed by atoms with Gasteiger partial charge < -0.3 is 19.9 Å². The van der Waals surface area contributed by atoms with E-state index in [1.807, 2.05) is 6.07 Å². The highest BCUT2D eigenvalue weighted by Crippen LogP contribution is 2.28. The molecule has 2 aromatic carbocycles. The fourth-order valence-electron chi connectivity index (χ4n) is 2.97. The lowest BCUT2D eigenvalue weighted by molar-refractivity contribution is 0.0958. The molecule has 0 atom stereocenters. The summed E-state index contributed by atoms with van der Waals surface area (Å²) in [7, 11) is 3.31. The molecule has 30 heavy (non-hydrogen) atoms. The molecule has 1 amide bonds. The molecular formula is C21H17F2N5O2. The molecule has 0 spiro atoms. The molecule has 0 fully saturated rings. The van der Waals surface area contributed by atoms with E-state index in [4.69, 9.17) is 4.74 Å². The summed E-state index contributed by atoms with van der Waals surface area (Å²) in [5, 5.41) is 5.43. The van der Waals surface area contributed by atoms with Crippen LogP contribution in [0.5, 0.6) is 11.5 Å². The van der Waals surface area contributed by atoms with Crippen molar-refractivity contribution in [1.82, 2.24) is 19.9 Å². The van der Waals surface area contributed by atoms with Crippen LogP contribution in [-0.4, -0.2) is 27.5 Å². The van der Waals surface area contributed by atoms with Gasteiger partial charge in [-0.3, -0.25) is 9.78 Å². The Labute approximate surface area is 170 Å². The largest absolute Gasteiger partial charge is 0.457 e. The van der Waals surface area contributed by atoms with E-state index in [1.54, 1.807) is 29.8 Å². The molecule has 0 radical (unpaired) electrons. The van der Waals surface area contributed by atoms with Crippen molar-refractivity contribution in [3.05, 3.63) is 72.1 Å². The lowest BCUT2D eigenvalue weighted by Gasteiger charge is -2.07. The Balaban J connectivity index is 1.61. The zero-order chi connectivity index (χ0) is 21.3. The summed E-state index contributed by atoms with van der Waals surface area (Å²) in [6, 6.07) is 11.7. The molecule has 7 nitrogen and oxygen atoms in total. The molecule has 0 bridgehead atoms. The number of nitrogens with zero attached hydrogens (tertiary/aromatic N) is 3. The quantitative estimate of drug-likeness (QED) is 0.518. The van der Waals surface area contributed by atoms with E-state index in [9.17, 15) is 13.6 Å². The van der Waals surface area contributed by atoms with Crippen LogP contribution in [0.4, 0.5) is 20.4 Å². The predicted molar refractivity (Wildman–Crippen MR) is 108 cm³/mol. The number of carbonyl (C=O) groups is 1. The maximum absolute atomic E-state index is 13.4. The van der Waals surface area contributed by atoms with Gasteiger partial charge in [0, 0.05) is 44.2 Å². The average Bonchev–Trinajstić information content (AvgIpc) is 3.01. The van der Waals surface area contributed by atoms with Gasteiger partial charge in [-0.15, -0.1) is 0 Å². The number of hydrogen-bond acceptors (Lipinski definition) is 5. The van der Waals surface area contributed by atoms with E-state index in [-0.39, 0.29) is 17.3 Å². The molecule has 4 rings (SSSR count). The molecule has 152 valence electrons. The number of rotatable bonds is 5. The number of amides is 1. The molecule has 2 heterocycles. The van der Waals surface area contributed by atoms with Crippen LogP contribution in [0.15, 0.2) is 54.7 Å². The van der Waals surface area contributed by atoms with E-state index >= 15 is 0 Å². The average molecular weight is 409 g/mol. The Bertz CT molecular complexity index is 1240. The van der Waals surface area contributed by atoms with Crippen molar-refractivity contribution in [2.24, 2.45) is 7.05 Å². The summed E-state index contributed by atoms with van der Waals surface area (Å²) in [5.41, 5.74) is 1.90. The number of halogens is 2. The van der Waals surface area contributed by atoms with Gasteiger partial charge in [-0.25, -0.2) is 13.8 Å². The highest BCUT2D eigenvalue weighted by atomic mass is 19.1. The molecule has 0 aliphatic carbocycles. The van der Waals surface area contributed by atoms with Crippen molar-refractivity contribution in [3.8, 4) is 11.5 Å². The summed E-state index contributed by atoms with van der Waals surface area (Å²) < 4.78 is 34.5. The number of benzene rings is 2. The van der Waals surface area contributed by atoms with Gasteiger partial charge >= 0.3 is 0 Å². The molecule has 9 heteroatoms. The number of carbonyl (C=O) groups excluding carboxylic acids is 1. The van der Waals surface area contributed by atoms with Gasteiger partial charge in [0.25, 0.3) is 5.91 Å². The number of fused-ring (bicyclic) bond motifs is 1.